The highest BCUT2D eigenvalue weighted by Gasteiger charge is 2.29. The highest BCUT2D eigenvalue weighted by Crippen LogP contribution is 2.26. The number of fused-ring (bicyclic) bond motifs is 1. The van der Waals surface area contributed by atoms with Gasteiger partial charge >= 0.3 is 5.97 Å². The molecule has 2 heterocycles. The fourth-order valence-electron chi connectivity index (χ4n) is 3.07. The molecule has 162 valence electrons. The van der Waals surface area contributed by atoms with Crippen LogP contribution in [0.4, 0.5) is 0 Å². The number of nitrogens with zero attached hydrogens (tertiary/aromatic N) is 4. The Balaban J connectivity index is 1.55. The van der Waals surface area contributed by atoms with Gasteiger partial charge in [0.25, 0.3) is 5.56 Å². The second-order valence-electron chi connectivity index (χ2n) is 6.63. The fraction of sp³-hybridized carbons (Fsp3) is 0.263. The van der Waals surface area contributed by atoms with Crippen LogP contribution >= 0.6 is 11.6 Å². The molecule has 31 heavy (non-hydrogen) atoms. The molecule has 1 aliphatic heterocycles. The Morgan fingerprint density at radius 1 is 1.16 bits per heavy atom. The van der Waals surface area contributed by atoms with Gasteiger partial charge in [0.1, 0.15) is 10.4 Å². The number of benzene rings is 2. The minimum atomic E-state index is -3.91. The van der Waals surface area contributed by atoms with Crippen LogP contribution in [-0.4, -0.2) is 60.0 Å². The van der Waals surface area contributed by atoms with Crippen LogP contribution in [0.15, 0.2) is 52.2 Å². The maximum Gasteiger partial charge on any atom is 0.339 e. The number of esters is 1. The van der Waals surface area contributed by atoms with Crippen molar-refractivity contribution in [2.24, 2.45) is 0 Å². The maximum absolute atomic E-state index is 12.9. The summed E-state index contributed by atoms with van der Waals surface area (Å²) in [6.45, 7) is 0.456. The molecular weight excluding hydrogens is 448 g/mol. The predicted molar refractivity (Wildman–Crippen MR) is 110 cm³/mol. The zero-order valence-electron chi connectivity index (χ0n) is 16.1. The van der Waals surface area contributed by atoms with Gasteiger partial charge in [-0.05, 0) is 30.3 Å². The Morgan fingerprint density at radius 2 is 1.90 bits per heavy atom. The second-order valence-corrected chi connectivity index (χ2v) is 8.95. The summed E-state index contributed by atoms with van der Waals surface area (Å²) >= 11 is 6.10. The molecule has 0 N–H and O–H groups in total. The van der Waals surface area contributed by atoms with E-state index in [0.717, 1.165) is 10.7 Å². The van der Waals surface area contributed by atoms with Gasteiger partial charge in [-0.1, -0.05) is 28.9 Å². The highest BCUT2D eigenvalue weighted by atomic mass is 35.5. The molecule has 10 nitrogen and oxygen atoms in total. The molecule has 0 saturated carbocycles. The molecule has 1 aliphatic rings. The monoisotopic (exact) mass is 464 g/mol. The molecule has 1 fully saturated rings. The van der Waals surface area contributed by atoms with Crippen LogP contribution in [0.25, 0.3) is 10.9 Å². The van der Waals surface area contributed by atoms with Crippen molar-refractivity contribution in [3.8, 4) is 0 Å². The van der Waals surface area contributed by atoms with E-state index in [2.05, 4.69) is 10.3 Å². The van der Waals surface area contributed by atoms with Gasteiger partial charge in [0.05, 0.1) is 29.2 Å². The second kappa shape index (κ2) is 8.71. The number of halogens is 1. The van der Waals surface area contributed by atoms with Crippen LogP contribution in [0.1, 0.15) is 10.4 Å². The Kier molecular flexibility index (Phi) is 6.01. The van der Waals surface area contributed by atoms with E-state index in [1.54, 1.807) is 24.3 Å². The third-order valence-corrected chi connectivity index (χ3v) is 7.08. The Hall–Kier alpha value is -2.86. The number of carbonyl (C=O) groups excluding carboxylic acids is 1. The van der Waals surface area contributed by atoms with Gasteiger partial charge in [-0.2, -0.15) is 8.99 Å². The van der Waals surface area contributed by atoms with Crippen molar-refractivity contribution in [2.45, 2.75) is 11.6 Å². The molecule has 4 rings (SSSR count). The summed E-state index contributed by atoms with van der Waals surface area (Å²) in [7, 11) is -3.91. The van der Waals surface area contributed by atoms with Gasteiger partial charge < -0.3 is 9.47 Å². The van der Waals surface area contributed by atoms with Crippen molar-refractivity contribution in [1.29, 1.82) is 0 Å². The molecule has 0 spiro atoms. The Bertz CT molecular complexity index is 1300. The molecule has 0 bridgehead atoms. The summed E-state index contributed by atoms with van der Waals surface area (Å²) in [6, 6.07) is 10.5. The maximum atomic E-state index is 12.9. The van der Waals surface area contributed by atoms with Gasteiger partial charge in [0.2, 0.25) is 10.0 Å². The number of aromatic nitrogens is 3. The first-order valence-corrected chi connectivity index (χ1v) is 11.1. The smallest absolute Gasteiger partial charge is 0.339 e. The average molecular weight is 465 g/mol. The van der Waals surface area contributed by atoms with Gasteiger partial charge in [0.15, 0.2) is 6.73 Å². The SMILES string of the molecule is O=C(OCn1nnc2ccccc2c1=O)c1ccc(Cl)c(S(=O)(=O)N2CCOCC2)c1. The van der Waals surface area contributed by atoms with E-state index in [1.165, 1.54) is 16.4 Å². The lowest BCUT2D eigenvalue weighted by Gasteiger charge is -2.26. The topological polar surface area (TPSA) is 121 Å². The van der Waals surface area contributed by atoms with Crippen molar-refractivity contribution in [2.75, 3.05) is 26.3 Å². The van der Waals surface area contributed by atoms with E-state index in [9.17, 15) is 18.0 Å². The highest BCUT2D eigenvalue weighted by molar-refractivity contribution is 7.89. The summed E-state index contributed by atoms with van der Waals surface area (Å²) in [4.78, 5) is 24.7. The van der Waals surface area contributed by atoms with Gasteiger partial charge in [-0.3, -0.25) is 4.79 Å². The van der Waals surface area contributed by atoms with Crippen molar-refractivity contribution in [1.82, 2.24) is 19.3 Å². The van der Waals surface area contributed by atoms with E-state index in [1.807, 2.05) is 0 Å². The number of sulfonamides is 1. The lowest BCUT2D eigenvalue weighted by atomic mass is 10.2. The van der Waals surface area contributed by atoms with Crippen molar-refractivity contribution < 1.29 is 22.7 Å². The standard InChI is InChI=1S/C19H17ClN4O6S/c20-15-6-5-13(11-17(15)31(27,28)23-7-9-29-10-8-23)19(26)30-12-24-18(25)14-3-1-2-4-16(14)21-22-24/h1-6,11H,7-10,12H2. The van der Waals surface area contributed by atoms with Gasteiger partial charge in [-0.15, -0.1) is 5.10 Å². The van der Waals surface area contributed by atoms with Crippen molar-refractivity contribution in [3.63, 3.8) is 0 Å². The number of hydrogen-bond acceptors (Lipinski definition) is 8. The van der Waals surface area contributed by atoms with Crippen LogP contribution in [0.5, 0.6) is 0 Å². The lowest BCUT2D eigenvalue weighted by molar-refractivity contribution is 0.0335. The third kappa shape index (κ3) is 4.30. The molecule has 0 amide bonds. The summed E-state index contributed by atoms with van der Waals surface area (Å²) in [5.41, 5.74) is -0.0751. The number of rotatable bonds is 5. The number of hydrogen-bond donors (Lipinski definition) is 0. The molecule has 0 unspecified atom stereocenters. The zero-order chi connectivity index (χ0) is 22.0. The molecular formula is C19H17ClN4O6S. The predicted octanol–water partition coefficient (Wildman–Crippen LogP) is 1.28. The summed E-state index contributed by atoms with van der Waals surface area (Å²) in [5, 5.41) is 7.98. The largest absolute Gasteiger partial charge is 0.439 e. The minimum absolute atomic E-state index is 0.0142. The first kappa shape index (κ1) is 21.4. The number of morpholine rings is 1. The fourth-order valence-corrected chi connectivity index (χ4v) is 4.97. The van der Waals surface area contributed by atoms with E-state index in [-0.39, 0.29) is 41.8 Å². The van der Waals surface area contributed by atoms with Gasteiger partial charge in [0, 0.05) is 13.1 Å². The van der Waals surface area contributed by atoms with Crippen LogP contribution in [0.3, 0.4) is 0 Å². The molecule has 12 heteroatoms. The van der Waals surface area contributed by atoms with E-state index >= 15 is 0 Å². The van der Waals surface area contributed by atoms with Crippen LogP contribution < -0.4 is 5.56 Å². The number of carbonyl (C=O) groups is 1. The molecule has 1 aromatic heterocycles. The summed E-state index contributed by atoms with van der Waals surface area (Å²) in [5.74, 6) is -0.836. The minimum Gasteiger partial charge on any atom is -0.439 e. The normalized spacial score (nSPS) is 15.1. The molecule has 2 aromatic carbocycles. The third-order valence-electron chi connectivity index (χ3n) is 4.70. The molecule has 0 aliphatic carbocycles. The zero-order valence-corrected chi connectivity index (χ0v) is 17.7. The molecule has 0 atom stereocenters. The number of ether oxygens (including phenoxy) is 2. The molecule has 3 aromatic rings. The lowest BCUT2D eigenvalue weighted by Crippen LogP contribution is -2.40. The Morgan fingerprint density at radius 3 is 2.68 bits per heavy atom. The summed E-state index contributed by atoms with van der Waals surface area (Å²) in [6.07, 6.45) is 0. The van der Waals surface area contributed by atoms with Crippen LogP contribution in [0, 0.1) is 0 Å². The summed E-state index contributed by atoms with van der Waals surface area (Å²) < 4.78 is 38.3. The molecule has 1 saturated heterocycles. The van der Waals surface area contributed by atoms with Gasteiger partial charge in [-0.25, -0.2) is 13.2 Å². The quantitative estimate of drug-likeness (QED) is 0.518. The first-order valence-electron chi connectivity index (χ1n) is 9.25. The molecule has 0 radical (unpaired) electrons. The average Bonchev–Trinajstić information content (AvgIpc) is 2.79. The first-order chi connectivity index (χ1) is 14.9. The Labute approximate surface area is 182 Å². The van der Waals surface area contributed by atoms with E-state index < -0.39 is 28.3 Å². The van der Waals surface area contributed by atoms with E-state index in [4.69, 9.17) is 21.1 Å². The van der Waals surface area contributed by atoms with Crippen molar-refractivity contribution >= 4 is 38.5 Å². The van der Waals surface area contributed by atoms with Crippen LogP contribution in [0.2, 0.25) is 5.02 Å². The van der Waals surface area contributed by atoms with E-state index in [0.29, 0.717) is 10.9 Å². The van der Waals surface area contributed by atoms with Crippen LogP contribution in [-0.2, 0) is 26.2 Å². The van der Waals surface area contributed by atoms with Crippen molar-refractivity contribution in [3.05, 3.63) is 63.4 Å².